The van der Waals surface area contributed by atoms with Crippen LogP contribution < -0.4 is 11.2 Å². The van der Waals surface area contributed by atoms with Crippen LogP contribution >= 0.6 is 0 Å². The summed E-state index contributed by atoms with van der Waals surface area (Å²) >= 11 is 0. The smallest absolute Gasteiger partial charge is 0.337 e. The molecular formula is C19H21N3O5. The summed E-state index contributed by atoms with van der Waals surface area (Å²) in [5.41, 5.74) is -0.619. The average molecular weight is 371 g/mol. The molecule has 1 aliphatic carbocycles. The minimum atomic E-state index is -1.08. The van der Waals surface area contributed by atoms with E-state index in [1.54, 1.807) is 0 Å². The lowest BCUT2D eigenvalue weighted by Crippen LogP contribution is -2.36. The molecule has 2 aromatic heterocycles. The molecule has 2 aromatic rings. The van der Waals surface area contributed by atoms with Crippen LogP contribution in [0.15, 0.2) is 40.2 Å². The lowest BCUT2D eigenvalue weighted by Gasteiger charge is -2.21. The largest absolute Gasteiger partial charge is 0.478 e. The van der Waals surface area contributed by atoms with Gasteiger partial charge in [-0.05, 0) is 24.5 Å². The number of aromatic nitrogens is 3. The van der Waals surface area contributed by atoms with Crippen LogP contribution in [0.25, 0.3) is 0 Å². The fraction of sp³-hybridized carbons (Fsp3) is 0.421. The van der Waals surface area contributed by atoms with Gasteiger partial charge in [-0.2, -0.15) is 0 Å². The fourth-order valence-electron chi connectivity index (χ4n) is 3.59. The van der Waals surface area contributed by atoms with Crippen molar-refractivity contribution < 1.29 is 14.7 Å². The van der Waals surface area contributed by atoms with Crippen LogP contribution in [0.3, 0.4) is 0 Å². The number of hydrogen-bond acceptors (Lipinski definition) is 5. The van der Waals surface area contributed by atoms with Gasteiger partial charge in [0.25, 0.3) is 5.56 Å². The first-order valence-corrected chi connectivity index (χ1v) is 8.96. The predicted molar refractivity (Wildman–Crippen MR) is 96.8 cm³/mol. The number of carboxylic acid groups (broad SMARTS) is 1. The second-order valence-corrected chi connectivity index (χ2v) is 6.91. The summed E-state index contributed by atoms with van der Waals surface area (Å²) in [7, 11) is 0. The number of aromatic amines is 1. The summed E-state index contributed by atoms with van der Waals surface area (Å²) in [5.74, 6) is -0.911. The number of Topliss-reactive ketones (excluding diaryl/α,β-unsaturated/α-hetero) is 1. The maximum absolute atomic E-state index is 12.9. The van der Waals surface area contributed by atoms with E-state index in [9.17, 15) is 19.2 Å². The number of ketones is 1. The Balaban J connectivity index is 1.84. The van der Waals surface area contributed by atoms with Gasteiger partial charge in [0.1, 0.15) is 0 Å². The number of nitrogens with one attached hydrogen (secondary N) is 1. The Labute approximate surface area is 154 Å². The number of nitrogens with zero attached hydrogens (tertiary/aromatic N) is 2. The molecule has 0 saturated heterocycles. The van der Waals surface area contributed by atoms with Crippen molar-refractivity contribution in [3.63, 3.8) is 0 Å². The first-order chi connectivity index (χ1) is 12.9. The highest BCUT2D eigenvalue weighted by Crippen LogP contribution is 2.32. The van der Waals surface area contributed by atoms with E-state index in [-0.39, 0.29) is 17.8 Å². The van der Waals surface area contributed by atoms with E-state index >= 15 is 0 Å². The third-order valence-corrected chi connectivity index (χ3v) is 5.02. The van der Waals surface area contributed by atoms with Crippen LogP contribution in [-0.4, -0.2) is 31.4 Å². The van der Waals surface area contributed by atoms with Crippen LogP contribution in [0.5, 0.6) is 0 Å². The Morgan fingerprint density at radius 3 is 2.56 bits per heavy atom. The monoisotopic (exact) mass is 371 g/mol. The van der Waals surface area contributed by atoms with Crippen LogP contribution in [0, 0.1) is 5.92 Å². The Morgan fingerprint density at radius 1 is 1.22 bits per heavy atom. The number of pyridine rings is 1. The average Bonchev–Trinajstić information content (AvgIpc) is 3.14. The number of carboxylic acids is 1. The first-order valence-electron chi connectivity index (χ1n) is 8.96. The molecule has 0 spiro atoms. The van der Waals surface area contributed by atoms with Crippen molar-refractivity contribution in [1.82, 2.24) is 14.5 Å². The molecule has 1 atom stereocenters. The Bertz CT molecular complexity index is 939. The molecule has 1 aliphatic rings. The van der Waals surface area contributed by atoms with E-state index < -0.39 is 23.3 Å². The lowest BCUT2D eigenvalue weighted by atomic mass is 9.93. The molecule has 27 heavy (non-hydrogen) atoms. The molecule has 2 heterocycles. The normalized spacial score (nSPS) is 15.6. The number of H-pyrrole nitrogens is 1. The number of aromatic carboxylic acids is 1. The zero-order valence-electron chi connectivity index (χ0n) is 14.8. The van der Waals surface area contributed by atoms with Gasteiger partial charge in [0.05, 0.1) is 18.0 Å². The second kappa shape index (κ2) is 8.11. The summed E-state index contributed by atoms with van der Waals surface area (Å²) < 4.78 is 1.29. The molecule has 1 fully saturated rings. The first kappa shape index (κ1) is 18.8. The quantitative estimate of drug-likeness (QED) is 0.762. The fourth-order valence-corrected chi connectivity index (χ4v) is 3.59. The van der Waals surface area contributed by atoms with Crippen molar-refractivity contribution in [3.05, 3.63) is 62.7 Å². The van der Waals surface area contributed by atoms with Gasteiger partial charge in [-0.3, -0.25) is 24.1 Å². The van der Waals surface area contributed by atoms with E-state index in [1.165, 1.54) is 35.2 Å². The van der Waals surface area contributed by atoms with Crippen molar-refractivity contribution in [2.45, 2.75) is 44.6 Å². The van der Waals surface area contributed by atoms with Gasteiger partial charge in [0, 0.05) is 24.2 Å². The van der Waals surface area contributed by atoms with Gasteiger partial charge in [-0.1, -0.05) is 25.7 Å². The Kier molecular flexibility index (Phi) is 5.63. The van der Waals surface area contributed by atoms with Crippen LogP contribution in [-0.2, 0) is 11.2 Å². The van der Waals surface area contributed by atoms with Crippen molar-refractivity contribution in [2.24, 2.45) is 5.92 Å². The zero-order chi connectivity index (χ0) is 19.4. The molecule has 8 nitrogen and oxygen atoms in total. The molecule has 8 heteroatoms. The molecule has 0 aromatic carbocycles. The highest BCUT2D eigenvalue weighted by Gasteiger charge is 2.27. The molecule has 3 rings (SSSR count). The van der Waals surface area contributed by atoms with Gasteiger partial charge in [0.2, 0.25) is 0 Å². The van der Waals surface area contributed by atoms with E-state index in [2.05, 4.69) is 9.97 Å². The van der Waals surface area contributed by atoms with Crippen LogP contribution in [0.1, 0.15) is 54.2 Å². The molecule has 142 valence electrons. The van der Waals surface area contributed by atoms with Crippen molar-refractivity contribution in [2.75, 3.05) is 0 Å². The van der Waals surface area contributed by atoms with Crippen LogP contribution in [0.2, 0.25) is 0 Å². The van der Waals surface area contributed by atoms with E-state index in [4.69, 9.17) is 5.11 Å². The SMILES string of the molecule is O=C(O)c1ccc(CC(=O)C(CC2CCCC2)n2ccc(=O)[nH]c2=O)nc1. The molecule has 0 amide bonds. The molecule has 1 saturated carbocycles. The summed E-state index contributed by atoms with van der Waals surface area (Å²) in [6.07, 6.45) is 7.37. The third kappa shape index (κ3) is 4.58. The standard InChI is InChI=1S/C19H21N3O5/c23-16(10-14-6-5-13(11-20-14)18(25)26)15(9-12-3-1-2-4-12)22-8-7-17(24)21-19(22)27/h5-8,11-12,15H,1-4,9-10H2,(H,25,26)(H,21,24,27). The summed E-state index contributed by atoms with van der Waals surface area (Å²) in [6, 6.07) is 3.45. The highest BCUT2D eigenvalue weighted by molar-refractivity contribution is 5.87. The van der Waals surface area contributed by atoms with Crippen molar-refractivity contribution in [3.8, 4) is 0 Å². The molecule has 0 aliphatic heterocycles. The van der Waals surface area contributed by atoms with Crippen molar-refractivity contribution in [1.29, 1.82) is 0 Å². The maximum atomic E-state index is 12.9. The van der Waals surface area contributed by atoms with Crippen LogP contribution in [0.4, 0.5) is 0 Å². The predicted octanol–water partition coefficient (Wildman–Crippen LogP) is 1.56. The topological polar surface area (TPSA) is 122 Å². The van der Waals surface area contributed by atoms with Crippen molar-refractivity contribution >= 4 is 11.8 Å². The highest BCUT2D eigenvalue weighted by atomic mass is 16.4. The number of rotatable bonds is 7. The van der Waals surface area contributed by atoms with E-state index in [0.717, 1.165) is 25.7 Å². The molecule has 0 bridgehead atoms. The number of carbonyl (C=O) groups is 2. The summed E-state index contributed by atoms with van der Waals surface area (Å²) in [4.78, 5) is 53.7. The second-order valence-electron chi connectivity index (χ2n) is 6.91. The molecule has 1 unspecified atom stereocenters. The lowest BCUT2D eigenvalue weighted by molar-refractivity contribution is -0.122. The van der Waals surface area contributed by atoms with Gasteiger partial charge in [-0.15, -0.1) is 0 Å². The number of hydrogen-bond donors (Lipinski definition) is 2. The Hall–Kier alpha value is -3.03. The van der Waals surface area contributed by atoms with Gasteiger partial charge < -0.3 is 5.11 Å². The van der Waals surface area contributed by atoms with E-state index in [1.807, 2.05) is 0 Å². The zero-order valence-corrected chi connectivity index (χ0v) is 14.8. The molecular weight excluding hydrogens is 350 g/mol. The van der Waals surface area contributed by atoms with Gasteiger partial charge in [-0.25, -0.2) is 9.59 Å². The summed E-state index contributed by atoms with van der Waals surface area (Å²) in [5, 5.41) is 8.93. The van der Waals surface area contributed by atoms with Gasteiger partial charge >= 0.3 is 11.7 Å². The molecule has 2 N–H and O–H groups in total. The van der Waals surface area contributed by atoms with E-state index in [0.29, 0.717) is 18.0 Å². The Morgan fingerprint density at radius 2 is 1.96 bits per heavy atom. The molecule has 0 radical (unpaired) electrons. The number of carbonyl (C=O) groups excluding carboxylic acids is 1. The minimum absolute atomic E-state index is 0.0111. The third-order valence-electron chi connectivity index (χ3n) is 5.02. The minimum Gasteiger partial charge on any atom is -0.478 e. The maximum Gasteiger partial charge on any atom is 0.337 e. The summed E-state index contributed by atoms with van der Waals surface area (Å²) in [6.45, 7) is 0. The van der Waals surface area contributed by atoms with Gasteiger partial charge in [0.15, 0.2) is 5.78 Å².